The van der Waals surface area contributed by atoms with Gasteiger partial charge in [-0.3, -0.25) is 4.57 Å². The number of rotatable bonds is 11. The van der Waals surface area contributed by atoms with Gasteiger partial charge in [0.2, 0.25) is 0 Å². The van der Waals surface area contributed by atoms with Gasteiger partial charge in [-0.05, 0) is 92.5 Å². The normalized spacial score (nSPS) is 15.1. The Labute approximate surface area is 258 Å². The highest BCUT2D eigenvalue weighted by Crippen LogP contribution is 2.36. The zero-order valence-corrected chi connectivity index (χ0v) is 24.8. The number of nitrogens with zero attached hydrogens (tertiary/aromatic N) is 4. The molecule has 0 N–H and O–H groups in total. The lowest BCUT2D eigenvalue weighted by Crippen LogP contribution is -2.36. The molecule has 3 aromatic carbocycles. The van der Waals surface area contributed by atoms with Crippen molar-refractivity contribution >= 4 is 0 Å². The van der Waals surface area contributed by atoms with Crippen LogP contribution < -0.4 is 5.69 Å². The molecular weight excluding hydrogens is 594 g/mol. The maximum atomic E-state index is 13.4. The van der Waals surface area contributed by atoms with Crippen molar-refractivity contribution in [2.75, 3.05) is 19.6 Å². The molecule has 5 nitrogen and oxygen atoms in total. The van der Waals surface area contributed by atoms with Crippen LogP contribution in [0.4, 0.5) is 26.3 Å². The van der Waals surface area contributed by atoms with Crippen LogP contribution in [0.3, 0.4) is 0 Å². The molecule has 1 aliphatic rings. The summed E-state index contributed by atoms with van der Waals surface area (Å²) < 4.78 is 83.2. The summed E-state index contributed by atoms with van der Waals surface area (Å²) in [5.41, 5.74) is -1.01. The fraction of sp³-hybridized carbons (Fsp3) is 0.412. The molecular formula is C34H36F6N4O. The third-order valence-electron chi connectivity index (χ3n) is 8.39. The van der Waals surface area contributed by atoms with E-state index >= 15 is 0 Å². The van der Waals surface area contributed by atoms with Crippen LogP contribution in [0.5, 0.6) is 0 Å². The summed E-state index contributed by atoms with van der Waals surface area (Å²) in [7, 11) is 0. The second-order valence-corrected chi connectivity index (χ2v) is 11.7. The molecule has 1 fully saturated rings. The molecule has 2 heterocycles. The largest absolute Gasteiger partial charge is 0.416 e. The lowest BCUT2D eigenvalue weighted by Gasteiger charge is -2.32. The Bertz CT molecular complexity index is 1550. The van der Waals surface area contributed by atoms with E-state index in [1.165, 1.54) is 14.8 Å². The van der Waals surface area contributed by atoms with Crippen molar-refractivity contribution in [1.82, 2.24) is 19.2 Å². The average molecular weight is 631 g/mol. The molecule has 0 bridgehead atoms. The summed E-state index contributed by atoms with van der Waals surface area (Å²) in [6, 6.07) is 21.2. The molecule has 0 atom stereocenters. The molecule has 11 heteroatoms. The second kappa shape index (κ2) is 14.1. The van der Waals surface area contributed by atoms with Crippen molar-refractivity contribution in [2.45, 2.75) is 64.0 Å². The number of alkyl halides is 6. The SMILES string of the molecule is O=c1n(CCCN2CCC(Cc3ccccc3)CC2)nc(CCc2cc(C(F)(F)F)cc(C(F)(F)F)c2)n1Cc1ccccc1. The van der Waals surface area contributed by atoms with Crippen LogP contribution in [0, 0.1) is 5.92 Å². The first-order chi connectivity index (χ1) is 21.5. The van der Waals surface area contributed by atoms with Crippen LogP contribution >= 0.6 is 0 Å². The number of halogens is 6. The lowest BCUT2D eigenvalue weighted by molar-refractivity contribution is -0.143. The summed E-state index contributed by atoms with van der Waals surface area (Å²) in [5, 5.41) is 4.51. The third kappa shape index (κ3) is 8.87. The monoisotopic (exact) mass is 630 g/mol. The van der Waals surface area contributed by atoms with Crippen LogP contribution in [0.2, 0.25) is 0 Å². The van der Waals surface area contributed by atoms with E-state index in [2.05, 4.69) is 34.3 Å². The number of piperidine rings is 1. The number of aryl methyl sites for hydroxylation is 3. The van der Waals surface area contributed by atoms with Crippen LogP contribution in [0.15, 0.2) is 83.7 Å². The van der Waals surface area contributed by atoms with Crippen molar-refractivity contribution in [1.29, 1.82) is 0 Å². The Morgan fingerprint density at radius 3 is 1.87 bits per heavy atom. The van der Waals surface area contributed by atoms with Gasteiger partial charge in [0.05, 0.1) is 17.7 Å². The first-order valence-electron chi connectivity index (χ1n) is 15.2. The molecule has 0 saturated carbocycles. The third-order valence-corrected chi connectivity index (χ3v) is 8.39. The zero-order valence-electron chi connectivity index (χ0n) is 24.8. The summed E-state index contributed by atoms with van der Waals surface area (Å²) >= 11 is 0. The Morgan fingerprint density at radius 2 is 1.29 bits per heavy atom. The second-order valence-electron chi connectivity index (χ2n) is 11.7. The van der Waals surface area contributed by atoms with Crippen molar-refractivity contribution in [3.8, 4) is 0 Å². The average Bonchev–Trinajstić information content (AvgIpc) is 3.30. The van der Waals surface area contributed by atoms with Gasteiger partial charge in [0.15, 0.2) is 0 Å². The fourth-order valence-electron chi connectivity index (χ4n) is 5.97. The van der Waals surface area contributed by atoms with Crippen LogP contribution in [-0.4, -0.2) is 38.9 Å². The number of benzene rings is 3. The van der Waals surface area contributed by atoms with Gasteiger partial charge in [0.1, 0.15) is 5.82 Å². The first kappa shape index (κ1) is 32.5. The predicted molar refractivity (Wildman–Crippen MR) is 160 cm³/mol. The molecule has 240 valence electrons. The smallest absolute Gasteiger partial charge is 0.303 e. The summed E-state index contributed by atoms with van der Waals surface area (Å²) in [4.78, 5) is 15.8. The minimum atomic E-state index is -4.93. The van der Waals surface area contributed by atoms with Crippen molar-refractivity contribution in [3.63, 3.8) is 0 Å². The fourth-order valence-corrected chi connectivity index (χ4v) is 5.97. The van der Waals surface area contributed by atoms with Crippen molar-refractivity contribution in [3.05, 3.63) is 123 Å². The Kier molecular flexibility index (Phi) is 10.2. The highest BCUT2D eigenvalue weighted by Gasteiger charge is 2.37. The van der Waals surface area contributed by atoms with Crippen LogP contribution in [0.25, 0.3) is 0 Å². The van der Waals surface area contributed by atoms with Gasteiger partial charge in [-0.15, -0.1) is 0 Å². The molecule has 0 spiro atoms. The molecule has 4 aromatic rings. The van der Waals surface area contributed by atoms with Gasteiger partial charge in [-0.25, -0.2) is 9.48 Å². The molecule has 0 amide bonds. The minimum Gasteiger partial charge on any atom is -0.303 e. The van der Waals surface area contributed by atoms with E-state index in [0.717, 1.165) is 56.6 Å². The standard InChI is InChI=1S/C34H36F6N4O/c35-33(36,37)29-21-28(22-30(23-29)34(38,39)40)12-13-31-41-44(32(45)43(31)24-27-10-5-2-6-11-27)17-7-16-42-18-14-26(15-19-42)20-25-8-3-1-4-9-25/h1-6,8-11,21-23,26H,7,12-20,24H2. The molecule has 45 heavy (non-hydrogen) atoms. The number of hydrogen-bond acceptors (Lipinski definition) is 3. The van der Waals surface area contributed by atoms with Gasteiger partial charge < -0.3 is 4.90 Å². The Balaban J connectivity index is 1.26. The van der Waals surface area contributed by atoms with E-state index < -0.39 is 23.5 Å². The van der Waals surface area contributed by atoms with Crippen LogP contribution in [0.1, 0.15) is 52.9 Å². The quantitative estimate of drug-likeness (QED) is 0.164. The number of likely N-dealkylation sites (tertiary alicyclic amines) is 1. The first-order valence-corrected chi connectivity index (χ1v) is 15.2. The molecule has 0 unspecified atom stereocenters. The summed E-state index contributed by atoms with van der Waals surface area (Å²) in [5.74, 6) is 0.961. The van der Waals surface area contributed by atoms with E-state index in [4.69, 9.17) is 0 Å². The highest BCUT2D eigenvalue weighted by molar-refractivity contribution is 5.34. The number of aromatic nitrogens is 3. The molecule has 5 rings (SSSR count). The zero-order chi connectivity index (χ0) is 32.0. The Morgan fingerprint density at radius 1 is 0.711 bits per heavy atom. The topological polar surface area (TPSA) is 43.1 Å². The van der Waals surface area contributed by atoms with E-state index in [0.29, 0.717) is 24.7 Å². The molecule has 0 aliphatic carbocycles. The molecule has 1 aliphatic heterocycles. The molecule has 1 aromatic heterocycles. The summed E-state index contributed by atoms with van der Waals surface area (Å²) in [6.45, 7) is 3.32. The maximum absolute atomic E-state index is 13.4. The van der Waals surface area contributed by atoms with Gasteiger partial charge in [-0.2, -0.15) is 31.4 Å². The predicted octanol–water partition coefficient (Wildman–Crippen LogP) is 7.26. The van der Waals surface area contributed by atoms with Gasteiger partial charge in [-0.1, -0.05) is 60.7 Å². The van der Waals surface area contributed by atoms with E-state index in [1.807, 2.05) is 36.4 Å². The van der Waals surface area contributed by atoms with Crippen molar-refractivity contribution in [2.24, 2.45) is 5.92 Å². The maximum Gasteiger partial charge on any atom is 0.416 e. The van der Waals surface area contributed by atoms with E-state index in [9.17, 15) is 31.1 Å². The van der Waals surface area contributed by atoms with Crippen LogP contribution in [-0.2, 0) is 44.7 Å². The van der Waals surface area contributed by atoms with E-state index in [1.54, 1.807) is 0 Å². The van der Waals surface area contributed by atoms with Gasteiger partial charge >= 0.3 is 18.0 Å². The Hall–Kier alpha value is -3.86. The van der Waals surface area contributed by atoms with Gasteiger partial charge in [0.25, 0.3) is 0 Å². The lowest BCUT2D eigenvalue weighted by atomic mass is 9.90. The molecule has 0 radical (unpaired) electrons. The van der Waals surface area contributed by atoms with Gasteiger partial charge in [0, 0.05) is 13.0 Å². The van der Waals surface area contributed by atoms with E-state index in [-0.39, 0.29) is 36.7 Å². The highest BCUT2D eigenvalue weighted by atomic mass is 19.4. The number of hydrogen-bond donors (Lipinski definition) is 0. The molecule has 1 saturated heterocycles. The van der Waals surface area contributed by atoms with Crippen molar-refractivity contribution < 1.29 is 26.3 Å². The minimum absolute atomic E-state index is 0.00259. The summed E-state index contributed by atoms with van der Waals surface area (Å²) in [6.07, 6.45) is -6.02.